The van der Waals surface area contributed by atoms with Crippen molar-refractivity contribution in [3.63, 3.8) is 0 Å². The van der Waals surface area contributed by atoms with E-state index in [1.165, 1.54) is 31.3 Å². The van der Waals surface area contributed by atoms with Crippen molar-refractivity contribution in [3.05, 3.63) is 88.9 Å². The number of aryl methyl sites for hydroxylation is 1. The van der Waals surface area contributed by atoms with Gasteiger partial charge in [-0.1, -0.05) is 18.2 Å². The zero-order valence-corrected chi connectivity index (χ0v) is 23.7. The second-order valence-electron chi connectivity index (χ2n) is 9.80. The molecule has 5 rings (SSSR count). The number of fused-ring (bicyclic) bond motifs is 2. The first kappa shape index (κ1) is 31.5. The molecule has 1 aliphatic rings. The van der Waals surface area contributed by atoms with Crippen molar-refractivity contribution in [2.75, 3.05) is 4.90 Å². The Labute approximate surface area is 250 Å². The van der Waals surface area contributed by atoms with E-state index in [1.807, 2.05) is 4.72 Å². The van der Waals surface area contributed by atoms with Gasteiger partial charge in [0.2, 0.25) is 15.9 Å². The van der Waals surface area contributed by atoms with Crippen LogP contribution in [0.1, 0.15) is 32.7 Å². The van der Waals surface area contributed by atoms with Crippen LogP contribution in [0.5, 0.6) is 11.5 Å². The average Bonchev–Trinajstić information content (AvgIpc) is 3.26. The number of nitrogens with one attached hydrogen (secondary N) is 1. The number of hydrogen-bond donors (Lipinski definition) is 1. The van der Waals surface area contributed by atoms with Gasteiger partial charge in [0.1, 0.15) is 5.52 Å². The fourth-order valence-corrected chi connectivity index (χ4v) is 6.03. The Morgan fingerprint density at radius 1 is 0.956 bits per heavy atom. The molecular weight excluding hydrogens is 634 g/mol. The van der Waals surface area contributed by atoms with Crippen molar-refractivity contribution in [1.29, 1.82) is 0 Å². The summed E-state index contributed by atoms with van der Waals surface area (Å²) in [5, 5.41) is -0.537. The van der Waals surface area contributed by atoms with Crippen LogP contribution in [0.2, 0.25) is 0 Å². The lowest BCUT2D eigenvalue weighted by Crippen LogP contribution is -2.33. The molecule has 10 nitrogen and oxygen atoms in total. The van der Waals surface area contributed by atoms with Gasteiger partial charge >= 0.3 is 12.7 Å². The minimum Gasteiger partial charge on any atom is -0.404 e. The number of pyridine rings is 2. The van der Waals surface area contributed by atoms with Gasteiger partial charge in [0.15, 0.2) is 11.5 Å². The van der Waals surface area contributed by atoms with Crippen LogP contribution in [0.4, 0.5) is 32.0 Å². The summed E-state index contributed by atoms with van der Waals surface area (Å²) in [6.45, 7) is 0.808. The number of nitrogens with zero attached hydrogens (tertiary/aromatic N) is 3. The van der Waals surface area contributed by atoms with Crippen LogP contribution in [0.3, 0.4) is 0 Å². The molecule has 236 valence electrons. The summed E-state index contributed by atoms with van der Waals surface area (Å²) in [6, 6.07) is 10.9. The Kier molecular flexibility index (Phi) is 8.07. The summed E-state index contributed by atoms with van der Waals surface area (Å²) in [7, 11) is -4.19. The molecule has 0 radical (unpaired) electrons. The molecule has 2 amide bonds. The van der Waals surface area contributed by atoms with Gasteiger partial charge in [-0.3, -0.25) is 24.3 Å². The molecule has 0 spiro atoms. The van der Waals surface area contributed by atoms with Gasteiger partial charge in [0.25, 0.3) is 5.91 Å². The SMILES string of the molecule is Cc1cc(CS(=O)(=O)NC(=O)Cc2ccccn2)ccc1N1Cc2c(c(OC(F)(F)F)c3cccnc3c2OC(F)(F)F)C1=O. The van der Waals surface area contributed by atoms with E-state index in [0.29, 0.717) is 5.69 Å². The van der Waals surface area contributed by atoms with Gasteiger partial charge in [-0.15, -0.1) is 26.3 Å². The number of alkyl halides is 6. The van der Waals surface area contributed by atoms with Crippen molar-refractivity contribution < 1.29 is 53.8 Å². The first-order valence-corrected chi connectivity index (χ1v) is 14.5. The summed E-state index contributed by atoms with van der Waals surface area (Å²) < 4.78 is 116. The van der Waals surface area contributed by atoms with E-state index in [2.05, 4.69) is 19.4 Å². The topological polar surface area (TPSA) is 128 Å². The predicted octanol–water partition coefficient (Wildman–Crippen LogP) is 5.08. The highest BCUT2D eigenvalue weighted by Gasteiger charge is 2.44. The largest absolute Gasteiger partial charge is 0.573 e. The number of carbonyl (C=O) groups is 2. The monoisotopic (exact) mass is 654 g/mol. The van der Waals surface area contributed by atoms with Gasteiger partial charge in [0, 0.05) is 34.7 Å². The summed E-state index contributed by atoms with van der Waals surface area (Å²) in [4.78, 5) is 34.4. The number of hydrogen-bond acceptors (Lipinski definition) is 8. The fourth-order valence-electron chi connectivity index (χ4n) is 4.92. The molecule has 4 aromatic rings. The molecule has 45 heavy (non-hydrogen) atoms. The third kappa shape index (κ3) is 7.08. The second-order valence-corrected chi connectivity index (χ2v) is 11.5. The van der Waals surface area contributed by atoms with Crippen molar-refractivity contribution in [2.24, 2.45) is 0 Å². The van der Waals surface area contributed by atoms with Gasteiger partial charge < -0.3 is 14.4 Å². The number of benzene rings is 2. The molecule has 2 aromatic heterocycles. The van der Waals surface area contributed by atoms with Crippen LogP contribution in [0, 0.1) is 6.92 Å². The van der Waals surface area contributed by atoms with Gasteiger partial charge in [0.05, 0.1) is 24.3 Å². The molecule has 0 saturated heterocycles. The predicted molar refractivity (Wildman–Crippen MR) is 146 cm³/mol. The zero-order valence-electron chi connectivity index (χ0n) is 22.9. The first-order valence-electron chi connectivity index (χ1n) is 12.8. The summed E-state index contributed by atoms with van der Waals surface area (Å²) in [6.07, 6.45) is -8.40. The Bertz CT molecular complexity index is 1920. The van der Waals surface area contributed by atoms with E-state index >= 15 is 0 Å². The zero-order chi connectivity index (χ0) is 32.7. The van der Waals surface area contributed by atoms with Gasteiger partial charge in [-0.25, -0.2) is 8.42 Å². The Hall–Kier alpha value is -4.93. The third-order valence-corrected chi connectivity index (χ3v) is 7.78. The Morgan fingerprint density at radius 3 is 2.29 bits per heavy atom. The first-order chi connectivity index (χ1) is 21.0. The standard InChI is InChI=1S/C28H20F6N4O6S/c1-15-11-16(14-45(41,42)37-21(39)12-17-5-2-3-9-35-17)7-8-20(15)38-13-19-22(26(38)40)24(43-27(29,30)31)18-6-4-10-36-23(18)25(19)44-28(32,33)34/h2-11H,12-14H2,1H3,(H,37,39). The van der Waals surface area contributed by atoms with Crippen LogP contribution in [0.15, 0.2) is 60.9 Å². The van der Waals surface area contributed by atoms with E-state index in [4.69, 9.17) is 0 Å². The number of halogens is 6. The summed E-state index contributed by atoms with van der Waals surface area (Å²) in [5.74, 6) is -4.59. The molecule has 3 heterocycles. The molecule has 0 unspecified atom stereocenters. The van der Waals surface area contributed by atoms with Crippen LogP contribution in [0.25, 0.3) is 10.9 Å². The Balaban J connectivity index is 1.47. The minimum absolute atomic E-state index is 0.0597. The van der Waals surface area contributed by atoms with Crippen LogP contribution in [-0.2, 0) is 33.5 Å². The van der Waals surface area contributed by atoms with Crippen molar-refractivity contribution >= 4 is 38.4 Å². The van der Waals surface area contributed by atoms with E-state index in [-0.39, 0.29) is 23.2 Å². The molecule has 0 aliphatic carbocycles. The fraction of sp³-hybridized carbons (Fsp3) is 0.214. The molecule has 0 fully saturated rings. The van der Waals surface area contributed by atoms with Crippen LogP contribution in [-0.4, -0.2) is 42.9 Å². The number of carbonyl (C=O) groups excluding carboxylic acids is 2. The summed E-state index contributed by atoms with van der Waals surface area (Å²) in [5.41, 5.74) is -1.11. The van der Waals surface area contributed by atoms with E-state index in [9.17, 15) is 44.3 Å². The molecular formula is C28H20F6N4O6S. The van der Waals surface area contributed by atoms with E-state index in [0.717, 1.165) is 23.2 Å². The lowest BCUT2D eigenvalue weighted by atomic mass is 10.0. The highest BCUT2D eigenvalue weighted by molar-refractivity contribution is 7.89. The number of ether oxygens (including phenoxy) is 2. The molecule has 0 bridgehead atoms. The van der Waals surface area contributed by atoms with E-state index in [1.54, 1.807) is 18.2 Å². The van der Waals surface area contributed by atoms with Gasteiger partial charge in [-0.05, 0) is 48.4 Å². The van der Waals surface area contributed by atoms with Crippen molar-refractivity contribution in [1.82, 2.24) is 14.7 Å². The normalized spacial score (nSPS) is 13.6. The van der Waals surface area contributed by atoms with Crippen molar-refractivity contribution in [2.45, 2.75) is 38.4 Å². The number of aromatic nitrogens is 2. The maximum absolute atomic E-state index is 13.6. The highest BCUT2D eigenvalue weighted by Crippen LogP contribution is 2.48. The maximum atomic E-state index is 13.6. The minimum atomic E-state index is -5.31. The quantitative estimate of drug-likeness (QED) is 0.261. The molecule has 0 atom stereocenters. The van der Waals surface area contributed by atoms with Crippen molar-refractivity contribution in [3.8, 4) is 11.5 Å². The van der Waals surface area contributed by atoms with Crippen LogP contribution >= 0.6 is 0 Å². The number of anilines is 1. The third-order valence-electron chi connectivity index (χ3n) is 6.53. The molecule has 17 heteroatoms. The second kappa shape index (κ2) is 11.5. The average molecular weight is 655 g/mol. The maximum Gasteiger partial charge on any atom is 0.573 e. The lowest BCUT2D eigenvalue weighted by molar-refractivity contribution is -0.276. The molecule has 1 aliphatic heterocycles. The number of sulfonamides is 1. The van der Waals surface area contributed by atoms with Gasteiger partial charge in [-0.2, -0.15) is 0 Å². The lowest BCUT2D eigenvalue weighted by Gasteiger charge is -2.19. The highest BCUT2D eigenvalue weighted by atomic mass is 32.2. The molecule has 1 N–H and O–H groups in total. The van der Waals surface area contributed by atoms with Crippen LogP contribution < -0.4 is 19.1 Å². The molecule has 0 saturated carbocycles. The number of rotatable bonds is 8. The number of amides is 2. The van der Waals surface area contributed by atoms with E-state index < -0.39 is 80.4 Å². The summed E-state index contributed by atoms with van der Waals surface area (Å²) >= 11 is 0. The Morgan fingerprint density at radius 2 is 1.64 bits per heavy atom. The smallest absolute Gasteiger partial charge is 0.404 e. The molecule has 2 aromatic carbocycles.